The van der Waals surface area contributed by atoms with Gasteiger partial charge in [-0.3, -0.25) is 5.10 Å². The number of nitrogens with two attached hydrogens (primary N) is 1. The molecule has 1 atom stereocenters. The number of anilines is 2. The van der Waals surface area contributed by atoms with Crippen molar-refractivity contribution in [3.63, 3.8) is 0 Å². The third-order valence-electron chi connectivity index (χ3n) is 3.98. The normalized spacial score (nSPS) is 20.7. The van der Waals surface area contributed by atoms with Crippen LogP contribution in [0.4, 0.5) is 11.4 Å². The molecule has 1 aliphatic heterocycles. The van der Waals surface area contributed by atoms with Crippen LogP contribution in [0.15, 0.2) is 18.3 Å². The van der Waals surface area contributed by atoms with Gasteiger partial charge in [-0.2, -0.15) is 5.10 Å². The molecule has 1 aromatic carbocycles. The Labute approximate surface area is 112 Å². The molecular formula is C14H20N4O. The zero-order valence-electron chi connectivity index (χ0n) is 11.0. The standard InChI is InChI=1S/C14H20N4O/c15-12-6-10-8-16-17-13(10)7-14(12)18-5-3-1-2-4-11(18)9-19/h6-8,11,19H,1-5,9,15H2,(H,16,17). The third kappa shape index (κ3) is 2.26. The smallest absolute Gasteiger partial charge is 0.0672 e. The van der Waals surface area contributed by atoms with Crippen LogP contribution in [0.5, 0.6) is 0 Å². The third-order valence-corrected chi connectivity index (χ3v) is 3.98. The highest BCUT2D eigenvalue weighted by Gasteiger charge is 2.22. The second kappa shape index (κ2) is 5.09. The summed E-state index contributed by atoms with van der Waals surface area (Å²) in [6, 6.07) is 4.17. The predicted molar refractivity (Wildman–Crippen MR) is 77.2 cm³/mol. The Hall–Kier alpha value is -1.75. The summed E-state index contributed by atoms with van der Waals surface area (Å²) < 4.78 is 0. The van der Waals surface area contributed by atoms with Crippen LogP contribution in [-0.2, 0) is 0 Å². The minimum Gasteiger partial charge on any atom is -0.397 e. The molecule has 2 heterocycles. The lowest BCUT2D eigenvalue weighted by Crippen LogP contribution is -2.38. The van der Waals surface area contributed by atoms with Gasteiger partial charge in [-0.1, -0.05) is 12.8 Å². The Kier molecular flexibility index (Phi) is 3.29. The molecule has 2 aromatic rings. The molecule has 0 bridgehead atoms. The molecule has 1 saturated heterocycles. The first-order chi connectivity index (χ1) is 9.29. The lowest BCUT2D eigenvalue weighted by atomic mass is 10.1. The Bertz CT molecular complexity index is 566. The number of H-pyrrole nitrogens is 1. The first-order valence-electron chi connectivity index (χ1n) is 6.89. The molecule has 4 N–H and O–H groups in total. The molecule has 0 saturated carbocycles. The molecule has 1 unspecified atom stereocenters. The number of hydrogen-bond donors (Lipinski definition) is 3. The summed E-state index contributed by atoms with van der Waals surface area (Å²) in [5, 5.41) is 17.7. The number of aliphatic hydroxyl groups is 1. The number of aromatic nitrogens is 2. The van der Waals surface area contributed by atoms with Gasteiger partial charge in [-0.15, -0.1) is 0 Å². The van der Waals surface area contributed by atoms with Crippen LogP contribution in [-0.4, -0.2) is 34.5 Å². The van der Waals surface area contributed by atoms with E-state index < -0.39 is 0 Å². The van der Waals surface area contributed by atoms with Crippen LogP contribution in [0.25, 0.3) is 10.9 Å². The van der Waals surface area contributed by atoms with E-state index in [2.05, 4.69) is 15.1 Å². The molecule has 3 rings (SSSR count). The summed E-state index contributed by atoms with van der Waals surface area (Å²) >= 11 is 0. The van der Waals surface area contributed by atoms with Gasteiger partial charge in [0.25, 0.3) is 0 Å². The van der Waals surface area contributed by atoms with Crippen molar-refractivity contribution in [3.05, 3.63) is 18.3 Å². The average Bonchev–Trinajstić information content (AvgIpc) is 2.73. The fourth-order valence-electron chi connectivity index (χ4n) is 2.93. The molecule has 0 aliphatic carbocycles. The number of fused-ring (bicyclic) bond motifs is 1. The molecule has 5 heteroatoms. The van der Waals surface area contributed by atoms with E-state index in [9.17, 15) is 5.11 Å². The highest BCUT2D eigenvalue weighted by atomic mass is 16.3. The summed E-state index contributed by atoms with van der Waals surface area (Å²) in [6.45, 7) is 1.13. The summed E-state index contributed by atoms with van der Waals surface area (Å²) in [7, 11) is 0. The number of hydrogen-bond acceptors (Lipinski definition) is 4. The second-order valence-electron chi connectivity index (χ2n) is 5.25. The largest absolute Gasteiger partial charge is 0.397 e. The molecule has 5 nitrogen and oxygen atoms in total. The Morgan fingerprint density at radius 1 is 1.37 bits per heavy atom. The van der Waals surface area contributed by atoms with Crippen LogP contribution in [0.2, 0.25) is 0 Å². The van der Waals surface area contributed by atoms with Crippen molar-refractivity contribution in [2.75, 3.05) is 23.8 Å². The topological polar surface area (TPSA) is 78.2 Å². The zero-order valence-corrected chi connectivity index (χ0v) is 11.0. The lowest BCUT2D eigenvalue weighted by molar-refractivity contribution is 0.255. The summed E-state index contributed by atoms with van der Waals surface area (Å²) in [5.74, 6) is 0. The van der Waals surface area contributed by atoms with Gasteiger partial charge in [0.1, 0.15) is 0 Å². The maximum Gasteiger partial charge on any atom is 0.0672 e. The van der Waals surface area contributed by atoms with Gasteiger partial charge in [-0.25, -0.2) is 0 Å². The summed E-state index contributed by atoms with van der Waals surface area (Å²) in [5.41, 5.74) is 8.94. The SMILES string of the molecule is Nc1cc2cn[nH]c2cc1N1CCCCCC1CO. The number of nitrogens with zero attached hydrogens (tertiary/aromatic N) is 2. The van der Waals surface area contributed by atoms with Crippen molar-refractivity contribution in [2.24, 2.45) is 0 Å². The molecule has 19 heavy (non-hydrogen) atoms. The zero-order chi connectivity index (χ0) is 13.2. The van der Waals surface area contributed by atoms with E-state index in [4.69, 9.17) is 5.73 Å². The molecule has 1 aromatic heterocycles. The van der Waals surface area contributed by atoms with Crippen LogP contribution in [0.3, 0.4) is 0 Å². The van der Waals surface area contributed by atoms with E-state index in [0.717, 1.165) is 41.7 Å². The fourth-order valence-corrected chi connectivity index (χ4v) is 2.93. The first-order valence-corrected chi connectivity index (χ1v) is 6.89. The van der Waals surface area contributed by atoms with E-state index in [1.54, 1.807) is 6.20 Å². The predicted octanol–water partition coefficient (Wildman–Crippen LogP) is 1.89. The average molecular weight is 260 g/mol. The molecule has 102 valence electrons. The highest BCUT2D eigenvalue weighted by Crippen LogP contribution is 2.32. The number of aromatic amines is 1. The molecule has 1 fully saturated rings. The number of nitrogen functional groups attached to an aromatic ring is 1. The summed E-state index contributed by atoms with van der Waals surface area (Å²) in [4.78, 5) is 2.25. The van der Waals surface area contributed by atoms with Gasteiger partial charge < -0.3 is 15.7 Å². The maximum atomic E-state index is 9.61. The van der Waals surface area contributed by atoms with Crippen molar-refractivity contribution >= 4 is 22.3 Å². The minimum atomic E-state index is 0.171. The van der Waals surface area contributed by atoms with Gasteiger partial charge in [-0.05, 0) is 25.0 Å². The van der Waals surface area contributed by atoms with E-state index >= 15 is 0 Å². The van der Waals surface area contributed by atoms with Crippen molar-refractivity contribution in [1.82, 2.24) is 10.2 Å². The number of rotatable bonds is 2. The van der Waals surface area contributed by atoms with Crippen molar-refractivity contribution in [3.8, 4) is 0 Å². The quantitative estimate of drug-likeness (QED) is 0.720. The highest BCUT2D eigenvalue weighted by molar-refractivity contribution is 5.89. The van der Waals surface area contributed by atoms with E-state index in [1.807, 2.05) is 12.1 Å². The van der Waals surface area contributed by atoms with Crippen LogP contribution in [0, 0.1) is 0 Å². The van der Waals surface area contributed by atoms with Crippen molar-refractivity contribution < 1.29 is 5.11 Å². The first kappa shape index (κ1) is 12.3. The van der Waals surface area contributed by atoms with Crippen LogP contribution < -0.4 is 10.6 Å². The van der Waals surface area contributed by atoms with Gasteiger partial charge in [0.2, 0.25) is 0 Å². The summed E-state index contributed by atoms with van der Waals surface area (Å²) in [6.07, 6.45) is 6.35. The molecule has 1 aliphatic rings. The Morgan fingerprint density at radius 3 is 3.11 bits per heavy atom. The van der Waals surface area contributed by atoms with Crippen molar-refractivity contribution in [1.29, 1.82) is 0 Å². The monoisotopic (exact) mass is 260 g/mol. The van der Waals surface area contributed by atoms with Crippen LogP contribution in [0.1, 0.15) is 25.7 Å². The van der Waals surface area contributed by atoms with Gasteiger partial charge in [0, 0.05) is 11.9 Å². The van der Waals surface area contributed by atoms with E-state index in [1.165, 1.54) is 12.8 Å². The minimum absolute atomic E-state index is 0.171. The number of benzene rings is 1. The maximum absolute atomic E-state index is 9.61. The van der Waals surface area contributed by atoms with Gasteiger partial charge in [0.15, 0.2) is 0 Å². The second-order valence-corrected chi connectivity index (χ2v) is 5.25. The Balaban J connectivity index is 2.02. The lowest BCUT2D eigenvalue weighted by Gasteiger charge is -2.31. The van der Waals surface area contributed by atoms with Crippen molar-refractivity contribution in [2.45, 2.75) is 31.7 Å². The van der Waals surface area contributed by atoms with Crippen LogP contribution >= 0.6 is 0 Å². The molecule has 0 radical (unpaired) electrons. The van der Waals surface area contributed by atoms with Gasteiger partial charge >= 0.3 is 0 Å². The number of nitrogens with one attached hydrogen (secondary N) is 1. The van der Waals surface area contributed by atoms with E-state index in [-0.39, 0.29) is 12.6 Å². The Morgan fingerprint density at radius 2 is 2.26 bits per heavy atom. The molecule has 0 amide bonds. The van der Waals surface area contributed by atoms with Gasteiger partial charge in [0.05, 0.1) is 35.7 Å². The number of aliphatic hydroxyl groups excluding tert-OH is 1. The molecular weight excluding hydrogens is 240 g/mol. The van der Waals surface area contributed by atoms with E-state index in [0.29, 0.717) is 0 Å². The molecule has 0 spiro atoms. The fraction of sp³-hybridized carbons (Fsp3) is 0.500.